The van der Waals surface area contributed by atoms with Gasteiger partial charge in [-0.05, 0) is 74.9 Å². The zero-order valence-corrected chi connectivity index (χ0v) is 20.6. The molecule has 176 valence electrons. The molecular weight excluding hydrogens is 406 g/mol. The predicted molar refractivity (Wildman–Crippen MR) is 130 cm³/mol. The second-order valence-electron chi connectivity index (χ2n) is 8.35. The Balaban J connectivity index is 3.54. The molecule has 0 amide bonds. The Kier molecular flexibility index (Phi) is 11.2. The quantitative estimate of drug-likeness (QED) is 0.259. The van der Waals surface area contributed by atoms with Gasteiger partial charge in [-0.15, -0.1) is 0 Å². The van der Waals surface area contributed by atoms with Gasteiger partial charge >= 0.3 is 6.11 Å². The van der Waals surface area contributed by atoms with Gasteiger partial charge in [-0.2, -0.15) is 14.0 Å². The number of rotatable bonds is 12. The summed E-state index contributed by atoms with van der Waals surface area (Å²) in [6.45, 7) is 13.3. The van der Waals surface area contributed by atoms with Crippen LogP contribution in [0.25, 0.3) is 0 Å². The monoisotopic (exact) mass is 444 g/mol. The van der Waals surface area contributed by atoms with E-state index in [4.69, 9.17) is 0 Å². The summed E-state index contributed by atoms with van der Waals surface area (Å²) in [5, 5.41) is 13.5. The van der Waals surface area contributed by atoms with Crippen molar-refractivity contribution in [2.75, 3.05) is 5.32 Å². The maximum atomic E-state index is 13.1. The lowest BCUT2D eigenvalue weighted by Crippen LogP contribution is -2.22. The van der Waals surface area contributed by atoms with Crippen LogP contribution in [0.2, 0.25) is 0 Å². The molecule has 0 fully saturated rings. The summed E-state index contributed by atoms with van der Waals surface area (Å²) in [5.74, 6) is 0.794. The van der Waals surface area contributed by atoms with Crippen molar-refractivity contribution in [1.82, 2.24) is 0 Å². The second-order valence-corrected chi connectivity index (χ2v) is 8.35. The lowest BCUT2D eigenvalue weighted by atomic mass is 9.76. The SMILES string of the molecule is C/C=C\C(C#N)=C(/C(Nc1ccc(OC(C)(F)F)cc1)=C(C)C)C(CCC)C(CC)CC. The third-order valence-corrected chi connectivity index (χ3v) is 5.52. The van der Waals surface area contributed by atoms with Gasteiger partial charge in [0.1, 0.15) is 5.75 Å². The van der Waals surface area contributed by atoms with Gasteiger partial charge in [0.25, 0.3) is 0 Å². The number of hydrogen-bond donors (Lipinski definition) is 1. The van der Waals surface area contributed by atoms with E-state index in [1.54, 1.807) is 12.1 Å². The van der Waals surface area contributed by atoms with Crippen LogP contribution in [0.5, 0.6) is 5.75 Å². The molecule has 0 bridgehead atoms. The van der Waals surface area contributed by atoms with Crippen molar-refractivity contribution < 1.29 is 13.5 Å². The Hall–Kier alpha value is -2.61. The van der Waals surface area contributed by atoms with E-state index in [9.17, 15) is 14.0 Å². The maximum absolute atomic E-state index is 13.1. The first kappa shape index (κ1) is 27.4. The Morgan fingerprint density at radius 3 is 2.16 bits per heavy atom. The van der Waals surface area contributed by atoms with Gasteiger partial charge in [0.15, 0.2) is 0 Å². The molecule has 1 unspecified atom stereocenters. The molecule has 32 heavy (non-hydrogen) atoms. The zero-order chi connectivity index (χ0) is 24.3. The molecule has 0 aliphatic carbocycles. The highest BCUT2D eigenvalue weighted by Gasteiger charge is 2.28. The Morgan fingerprint density at radius 2 is 1.75 bits per heavy atom. The molecule has 0 heterocycles. The standard InChI is InChI=1S/C27H38F2N2O/c1-8-12-21(18-30)25(24(13-9-2)20(10-3)11-4)26(19(5)6)31-22-14-16-23(17-15-22)32-27(7,28)29/h8,12,14-17,20,24,31H,9-11,13H2,1-7H3/b12-8-,25-21+. The highest BCUT2D eigenvalue weighted by Crippen LogP contribution is 2.38. The van der Waals surface area contributed by atoms with E-state index in [-0.39, 0.29) is 11.7 Å². The number of anilines is 1. The summed E-state index contributed by atoms with van der Waals surface area (Å²) in [5.41, 5.74) is 4.42. The summed E-state index contributed by atoms with van der Waals surface area (Å²) in [4.78, 5) is 0. The van der Waals surface area contributed by atoms with Crippen molar-refractivity contribution in [3.63, 3.8) is 0 Å². The van der Waals surface area contributed by atoms with E-state index >= 15 is 0 Å². The van der Waals surface area contributed by atoms with Gasteiger partial charge in [-0.3, -0.25) is 0 Å². The molecule has 1 aromatic carbocycles. The fraction of sp³-hybridized carbons (Fsp3) is 0.519. The van der Waals surface area contributed by atoms with Crippen LogP contribution in [-0.4, -0.2) is 6.11 Å². The molecule has 1 N–H and O–H groups in total. The van der Waals surface area contributed by atoms with E-state index in [0.29, 0.717) is 18.4 Å². The molecule has 1 atom stereocenters. The van der Waals surface area contributed by atoms with E-state index < -0.39 is 6.11 Å². The second kappa shape index (κ2) is 13.1. The number of nitrogens with one attached hydrogen (secondary N) is 1. The summed E-state index contributed by atoms with van der Waals surface area (Å²) < 4.78 is 30.9. The summed E-state index contributed by atoms with van der Waals surface area (Å²) in [6, 6.07) is 8.89. The van der Waals surface area contributed by atoms with Crippen molar-refractivity contribution in [1.29, 1.82) is 5.26 Å². The number of benzene rings is 1. The Morgan fingerprint density at radius 1 is 1.16 bits per heavy atom. The minimum absolute atomic E-state index is 0.102. The van der Waals surface area contributed by atoms with Crippen LogP contribution >= 0.6 is 0 Å². The van der Waals surface area contributed by atoms with Gasteiger partial charge < -0.3 is 10.1 Å². The van der Waals surface area contributed by atoms with Crippen LogP contribution < -0.4 is 10.1 Å². The fourth-order valence-corrected chi connectivity index (χ4v) is 4.08. The number of nitrogens with zero attached hydrogens (tertiary/aromatic N) is 1. The number of allylic oxidation sites excluding steroid dienone is 5. The third kappa shape index (κ3) is 8.15. The topological polar surface area (TPSA) is 45.0 Å². The summed E-state index contributed by atoms with van der Waals surface area (Å²) in [6.07, 6.45) is 4.62. The number of nitriles is 1. The van der Waals surface area contributed by atoms with E-state index in [1.165, 1.54) is 12.1 Å². The predicted octanol–water partition coefficient (Wildman–Crippen LogP) is 8.63. The van der Waals surface area contributed by atoms with Gasteiger partial charge in [-0.1, -0.05) is 51.7 Å². The molecular formula is C27H38F2N2O. The first-order chi connectivity index (χ1) is 15.1. The first-order valence-electron chi connectivity index (χ1n) is 11.5. The van der Waals surface area contributed by atoms with Crippen LogP contribution in [0, 0.1) is 23.2 Å². The molecule has 0 saturated carbocycles. The van der Waals surface area contributed by atoms with Crippen molar-refractivity contribution in [3.05, 3.63) is 58.8 Å². The third-order valence-electron chi connectivity index (χ3n) is 5.52. The Bertz CT molecular complexity index is 847. The smallest absolute Gasteiger partial charge is 0.394 e. The largest absolute Gasteiger partial charge is 0.433 e. The van der Waals surface area contributed by atoms with Crippen LogP contribution in [0.1, 0.15) is 74.1 Å². The molecule has 1 aromatic rings. The number of hydrogen-bond acceptors (Lipinski definition) is 3. The normalized spacial score (nSPS) is 13.5. The highest BCUT2D eigenvalue weighted by molar-refractivity contribution is 5.60. The molecule has 3 nitrogen and oxygen atoms in total. The van der Waals surface area contributed by atoms with Gasteiger partial charge in [0.05, 0.1) is 11.6 Å². The zero-order valence-electron chi connectivity index (χ0n) is 20.6. The van der Waals surface area contributed by atoms with Crippen molar-refractivity contribution >= 4 is 5.69 Å². The summed E-state index contributed by atoms with van der Waals surface area (Å²) >= 11 is 0. The number of alkyl halides is 2. The van der Waals surface area contributed by atoms with E-state index in [2.05, 4.69) is 36.9 Å². The van der Waals surface area contributed by atoms with E-state index in [0.717, 1.165) is 48.2 Å². The molecule has 0 aliphatic heterocycles. The van der Waals surface area contributed by atoms with Crippen molar-refractivity contribution in [2.45, 2.75) is 80.3 Å². The summed E-state index contributed by atoms with van der Waals surface area (Å²) in [7, 11) is 0. The van der Waals surface area contributed by atoms with Gasteiger partial charge in [0.2, 0.25) is 0 Å². The average molecular weight is 445 g/mol. The van der Waals surface area contributed by atoms with E-state index in [1.807, 2.05) is 32.9 Å². The number of ether oxygens (including phenoxy) is 1. The molecule has 0 aliphatic rings. The molecule has 5 heteroatoms. The molecule has 1 rings (SSSR count). The Labute approximate surface area is 192 Å². The lowest BCUT2D eigenvalue weighted by molar-refractivity contribution is -0.158. The van der Waals surface area contributed by atoms with Crippen molar-refractivity contribution in [3.8, 4) is 11.8 Å². The van der Waals surface area contributed by atoms with Gasteiger partial charge in [0, 0.05) is 18.3 Å². The number of halogens is 2. The van der Waals surface area contributed by atoms with Crippen LogP contribution in [0.4, 0.5) is 14.5 Å². The molecule has 0 saturated heterocycles. The van der Waals surface area contributed by atoms with Crippen LogP contribution in [0.3, 0.4) is 0 Å². The first-order valence-corrected chi connectivity index (χ1v) is 11.5. The minimum Gasteiger partial charge on any atom is -0.433 e. The van der Waals surface area contributed by atoms with Crippen molar-refractivity contribution in [2.24, 2.45) is 11.8 Å². The van der Waals surface area contributed by atoms with Gasteiger partial charge in [-0.25, -0.2) is 0 Å². The highest BCUT2D eigenvalue weighted by atomic mass is 19.3. The fourth-order valence-electron chi connectivity index (χ4n) is 4.08. The lowest BCUT2D eigenvalue weighted by Gasteiger charge is -2.31. The minimum atomic E-state index is -3.23. The van der Waals surface area contributed by atoms with Crippen LogP contribution in [-0.2, 0) is 0 Å². The van der Waals surface area contributed by atoms with Crippen LogP contribution in [0.15, 0.2) is 58.8 Å². The molecule has 0 radical (unpaired) electrons. The average Bonchev–Trinajstić information content (AvgIpc) is 2.73. The molecule has 0 aromatic heterocycles. The maximum Gasteiger partial charge on any atom is 0.394 e. The molecule has 0 spiro atoms.